The van der Waals surface area contributed by atoms with Gasteiger partial charge in [0.05, 0.1) is 0 Å². The zero-order valence-corrected chi connectivity index (χ0v) is 21.0. The molecular weight excluding hydrogens is 376 g/mol. The molecule has 0 atom stereocenters. The van der Waals surface area contributed by atoms with E-state index < -0.39 is 0 Å². The Kier molecular flexibility index (Phi) is 6.26. The molecule has 0 bridgehead atoms. The van der Waals surface area contributed by atoms with Crippen molar-refractivity contribution >= 4 is 22.0 Å². The van der Waals surface area contributed by atoms with Gasteiger partial charge in [0.15, 0.2) is 0 Å². The van der Waals surface area contributed by atoms with Crippen molar-refractivity contribution in [1.29, 1.82) is 0 Å². The van der Waals surface area contributed by atoms with Crippen molar-refractivity contribution in [3.63, 3.8) is 0 Å². The molecule has 2 nitrogen and oxygen atoms in total. The van der Waals surface area contributed by atoms with Gasteiger partial charge >= 0.3 is 0 Å². The third-order valence-electron chi connectivity index (χ3n) is 6.75. The summed E-state index contributed by atoms with van der Waals surface area (Å²) < 4.78 is 0. The first-order valence-corrected chi connectivity index (χ1v) is 11.5. The van der Waals surface area contributed by atoms with Crippen LogP contribution in [0.2, 0.25) is 0 Å². The molecule has 1 N–H and O–H groups in total. The Balaban J connectivity index is 2.22. The van der Waals surface area contributed by atoms with Gasteiger partial charge in [0.25, 0.3) is 0 Å². The molecule has 2 heterocycles. The van der Waals surface area contributed by atoms with E-state index in [1.54, 1.807) is 0 Å². The molecule has 0 unspecified atom stereocenters. The Bertz CT molecular complexity index is 1080. The second-order valence-electron chi connectivity index (χ2n) is 10.6. The van der Waals surface area contributed by atoms with Gasteiger partial charge in [-0.2, -0.15) is 0 Å². The van der Waals surface area contributed by atoms with Gasteiger partial charge in [0.1, 0.15) is 0 Å². The number of hydrogen-bond donors (Lipinski definition) is 1. The lowest BCUT2D eigenvalue weighted by atomic mass is 9.79. The quantitative estimate of drug-likeness (QED) is 0.488. The molecule has 1 aliphatic rings. The van der Waals surface area contributed by atoms with E-state index in [1.165, 1.54) is 38.9 Å². The topological polar surface area (TPSA) is 19.0 Å². The lowest BCUT2D eigenvalue weighted by molar-refractivity contribution is 0.0697. The van der Waals surface area contributed by atoms with Crippen LogP contribution in [0, 0.1) is 0 Å². The van der Waals surface area contributed by atoms with Crippen molar-refractivity contribution < 1.29 is 0 Å². The van der Waals surface area contributed by atoms with Gasteiger partial charge in [-0.25, -0.2) is 0 Å². The first kappa shape index (κ1) is 23.3. The van der Waals surface area contributed by atoms with Crippen molar-refractivity contribution in [3.05, 3.63) is 71.5 Å². The van der Waals surface area contributed by atoms with E-state index in [0.29, 0.717) is 5.92 Å². The molecule has 1 aromatic carbocycles. The van der Waals surface area contributed by atoms with Crippen molar-refractivity contribution in [2.24, 2.45) is 0 Å². The average molecular weight is 417 g/mol. The van der Waals surface area contributed by atoms with Crippen LogP contribution in [0.3, 0.4) is 0 Å². The van der Waals surface area contributed by atoms with E-state index >= 15 is 0 Å². The van der Waals surface area contributed by atoms with Gasteiger partial charge < -0.3 is 4.98 Å². The molecule has 31 heavy (non-hydrogen) atoms. The van der Waals surface area contributed by atoms with E-state index in [-0.39, 0.29) is 11.1 Å². The minimum absolute atomic E-state index is 0.0273. The Morgan fingerprint density at radius 1 is 1.19 bits per heavy atom. The number of aromatic nitrogens is 1. The first-order chi connectivity index (χ1) is 14.4. The minimum Gasteiger partial charge on any atom is -0.354 e. The molecule has 0 saturated heterocycles. The number of likely N-dealkylation sites (N-methyl/N-ethyl adjacent to an activating group) is 1. The maximum atomic E-state index is 4.10. The summed E-state index contributed by atoms with van der Waals surface area (Å²) in [6, 6.07) is 6.95. The standard InChI is InChI=1S/C29H40N2/c1-11-12-22(15-19(2)3)27-26(20(4)5)24-16-21(13-14-25(24)30-27)23-17-28(6,7)31(10)29(8,9)18-23/h11-17,20,30H,2,18H2,1,3-10H3/b12-11-,22-15+. The van der Waals surface area contributed by atoms with Gasteiger partial charge in [-0.15, -0.1) is 0 Å². The number of allylic oxidation sites excluding steroid dienone is 5. The molecule has 1 aromatic heterocycles. The van der Waals surface area contributed by atoms with Crippen LogP contribution in [0.15, 0.2) is 54.7 Å². The number of benzene rings is 1. The zero-order valence-electron chi connectivity index (χ0n) is 21.0. The molecule has 0 fully saturated rings. The Morgan fingerprint density at radius 2 is 1.87 bits per heavy atom. The fraction of sp³-hybridized carbons (Fsp3) is 0.448. The largest absolute Gasteiger partial charge is 0.354 e. The summed E-state index contributed by atoms with van der Waals surface area (Å²) in [4.78, 5) is 6.21. The normalized spacial score (nSPS) is 19.4. The van der Waals surface area contributed by atoms with E-state index in [9.17, 15) is 0 Å². The maximum Gasteiger partial charge on any atom is 0.0499 e. The Labute approximate surface area is 189 Å². The van der Waals surface area contributed by atoms with E-state index in [1.807, 2.05) is 0 Å². The SMILES string of the molecule is C=C(C)/C=C(\C=C/C)c1[nH]c2ccc(C3=CC(C)(C)N(C)C(C)(C)C3)cc2c1C(C)C. The van der Waals surface area contributed by atoms with Crippen molar-refractivity contribution in [1.82, 2.24) is 9.88 Å². The molecule has 166 valence electrons. The van der Waals surface area contributed by atoms with Crippen LogP contribution in [0.1, 0.15) is 84.5 Å². The molecule has 0 aliphatic carbocycles. The number of fused-ring (bicyclic) bond motifs is 1. The highest BCUT2D eigenvalue weighted by atomic mass is 15.2. The number of rotatable bonds is 5. The summed E-state index contributed by atoms with van der Waals surface area (Å²) in [5.41, 5.74) is 8.97. The Morgan fingerprint density at radius 3 is 2.42 bits per heavy atom. The highest BCUT2D eigenvalue weighted by Gasteiger charge is 2.38. The van der Waals surface area contributed by atoms with E-state index in [2.05, 4.69) is 121 Å². The number of nitrogens with one attached hydrogen (secondary N) is 1. The van der Waals surface area contributed by atoms with Gasteiger partial charge in [-0.1, -0.05) is 56.4 Å². The van der Waals surface area contributed by atoms with Crippen LogP contribution in [-0.2, 0) is 0 Å². The van der Waals surface area contributed by atoms with Crippen LogP contribution in [0.5, 0.6) is 0 Å². The van der Waals surface area contributed by atoms with Gasteiger partial charge in [-0.3, -0.25) is 4.90 Å². The first-order valence-electron chi connectivity index (χ1n) is 11.5. The molecule has 0 spiro atoms. The predicted molar refractivity (Wildman–Crippen MR) is 139 cm³/mol. The summed E-state index contributed by atoms with van der Waals surface area (Å²) >= 11 is 0. The number of nitrogens with zero attached hydrogens (tertiary/aromatic N) is 1. The van der Waals surface area contributed by atoms with Crippen molar-refractivity contribution in [3.8, 4) is 0 Å². The summed E-state index contributed by atoms with van der Waals surface area (Å²) in [7, 11) is 2.24. The van der Waals surface area contributed by atoms with Gasteiger partial charge in [0.2, 0.25) is 0 Å². The molecular formula is C29H40N2. The summed E-state index contributed by atoms with van der Waals surface area (Å²) in [5, 5.41) is 1.33. The minimum atomic E-state index is 0.0273. The smallest absolute Gasteiger partial charge is 0.0499 e. The number of hydrogen-bond acceptors (Lipinski definition) is 1. The molecule has 1 aliphatic heterocycles. The lowest BCUT2D eigenvalue weighted by Gasteiger charge is -2.49. The lowest BCUT2D eigenvalue weighted by Crippen LogP contribution is -2.54. The fourth-order valence-electron chi connectivity index (χ4n) is 5.01. The predicted octanol–water partition coefficient (Wildman–Crippen LogP) is 8.10. The summed E-state index contributed by atoms with van der Waals surface area (Å²) in [6.07, 6.45) is 9.95. The molecule has 0 saturated carbocycles. The van der Waals surface area contributed by atoms with Crippen LogP contribution in [0.4, 0.5) is 0 Å². The molecule has 2 aromatic rings. The third-order valence-corrected chi connectivity index (χ3v) is 6.75. The second kappa shape index (κ2) is 8.31. The summed E-state index contributed by atoms with van der Waals surface area (Å²) in [5.74, 6) is 0.414. The van der Waals surface area contributed by atoms with Crippen molar-refractivity contribution in [2.75, 3.05) is 7.05 Å². The molecule has 3 rings (SSSR count). The molecule has 0 amide bonds. The van der Waals surface area contributed by atoms with E-state index in [0.717, 1.165) is 12.0 Å². The second-order valence-corrected chi connectivity index (χ2v) is 10.6. The van der Waals surface area contributed by atoms with Crippen molar-refractivity contribution in [2.45, 2.75) is 78.8 Å². The summed E-state index contributed by atoms with van der Waals surface area (Å²) in [6.45, 7) is 22.1. The van der Waals surface area contributed by atoms with Gasteiger partial charge in [-0.05, 0) is 95.3 Å². The zero-order chi connectivity index (χ0) is 23.1. The Hall–Kier alpha value is -2.32. The van der Waals surface area contributed by atoms with Crippen LogP contribution < -0.4 is 0 Å². The average Bonchev–Trinajstić information content (AvgIpc) is 3.03. The van der Waals surface area contributed by atoms with E-state index in [4.69, 9.17) is 0 Å². The van der Waals surface area contributed by atoms with Gasteiger partial charge in [0, 0.05) is 27.7 Å². The van der Waals surface area contributed by atoms with Crippen LogP contribution >= 0.6 is 0 Å². The highest BCUT2D eigenvalue weighted by Crippen LogP contribution is 2.41. The fourth-order valence-corrected chi connectivity index (χ4v) is 5.01. The van der Waals surface area contributed by atoms with Crippen LogP contribution in [0.25, 0.3) is 22.0 Å². The molecule has 0 radical (unpaired) electrons. The number of H-pyrrole nitrogens is 1. The third kappa shape index (κ3) is 4.50. The molecule has 2 heteroatoms. The maximum absolute atomic E-state index is 4.10. The monoisotopic (exact) mass is 416 g/mol. The van der Waals surface area contributed by atoms with Crippen LogP contribution in [-0.4, -0.2) is 28.0 Å². The number of aromatic amines is 1. The highest BCUT2D eigenvalue weighted by molar-refractivity contribution is 5.94.